The number of halogens is 1. The third-order valence-electron chi connectivity index (χ3n) is 3.06. The molecule has 0 fully saturated rings. The van der Waals surface area contributed by atoms with E-state index >= 15 is 0 Å². The fourth-order valence-electron chi connectivity index (χ4n) is 2.15. The number of rotatable bonds is 2. The molecular formula is C13H13FN4. The summed E-state index contributed by atoms with van der Waals surface area (Å²) in [6.07, 6.45) is 2.05. The lowest BCUT2D eigenvalue weighted by Crippen LogP contribution is -2.03. The number of nitrogens with zero attached hydrogens (tertiary/aromatic N) is 3. The number of pyridine rings is 1. The topological polar surface area (TPSA) is 50.7 Å². The van der Waals surface area contributed by atoms with Crippen molar-refractivity contribution in [1.29, 1.82) is 0 Å². The smallest absolute Gasteiger partial charge is 0.178 e. The Morgan fingerprint density at radius 3 is 2.89 bits per heavy atom. The van der Waals surface area contributed by atoms with Crippen molar-refractivity contribution in [3.8, 4) is 11.5 Å². The summed E-state index contributed by atoms with van der Waals surface area (Å²) >= 11 is 0. The van der Waals surface area contributed by atoms with Crippen LogP contribution in [0.3, 0.4) is 0 Å². The second-order valence-electron chi connectivity index (χ2n) is 4.24. The molecule has 0 amide bonds. The zero-order valence-corrected chi connectivity index (χ0v) is 10.1. The van der Waals surface area contributed by atoms with Crippen molar-refractivity contribution in [2.24, 2.45) is 0 Å². The third-order valence-corrected chi connectivity index (χ3v) is 3.06. The Kier molecular flexibility index (Phi) is 2.76. The molecule has 0 saturated carbocycles. The average Bonchev–Trinajstić information content (AvgIpc) is 2.86. The molecule has 4 nitrogen and oxygen atoms in total. The molecule has 18 heavy (non-hydrogen) atoms. The van der Waals surface area contributed by atoms with Crippen LogP contribution in [0.4, 0.5) is 4.39 Å². The quantitative estimate of drug-likeness (QED) is 0.875. The van der Waals surface area contributed by atoms with Crippen molar-refractivity contribution in [2.75, 3.05) is 0 Å². The van der Waals surface area contributed by atoms with Gasteiger partial charge in [-0.1, -0.05) is 6.92 Å². The van der Waals surface area contributed by atoms with Crippen LogP contribution in [0.2, 0.25) is 0 Å². The van der Waals surface area contributed by atoms with Gasteiger partial charge in [0, 0.05) is 24.3 Å². The predicted octanol–water partition coefficient (Wildman–Crippen LogP) is 1.84. The molecule has 1 N–H and O–H groups in total. The molecule has 0 saturated heterocycles. The Morgan fingerprint density at radius 1 is 1.28 bits per heavy atom. The number of nitrogens with one attached hydrogen (secondary N) is 1. The van der Waals surface area contributed by atoms with Gasteiger partial charge in [0.2, 0.25) is 0 Å². The van der Waals surface area contributed by atoms with E-state index in [-0.39, 0.29) is 5.82 Å². The van der Waals surface area contributed by atoms with Crippen molar-refractivity contribution < 1.29 is 4.39 Å². The minimum absolute atomic E-state index is 0.350. The van der Waals surface area contributed by atoms with Gasteiger partial charge in [-0.2, -0.15) is 0 Å². The number of aryl methyl sites for hydroxylation is 1. The first-order valence-corrected chi connectivity index (χ1v) is 5.99. The van der Waals surface area contributed by atoms with Gasteiger partial charge in [-0.15, -0.1) is 0 Å². The SMILES string of the molecule is CCc1nc(-c2ccc(F)cn2)nc2c1CNC2. The molecule has 0 radical (unpaired) electrons. The molecule has 0 bridgehead atoms. The Labute approximate surface area is 104 Å². The van der Waals surface area contributed by atoms with E-state index < -0.39 is 0 Å². The molecule has 0 aliphatic carbocycles. The van der Waals surface area contributed by atoms with Crippen LogP contribution in [0.5, 0.6) is 0 Å². The Balaban J connectivity index is 2.10. The maximum atomic E-state index is 12.9. The van der Waals surface area contributed by atoms with E-state index in [0.717, 1.165) is 30.9 Å². The van der Waals surface area contributed by atoms with E-state index in [0.29, 0.717) is 11.5 Å². The van der Waals surface area contributed by atoms with Gasteiger partial charge < -0.3 is 5.32 Å². The summed E-state index contributed by atoms with van der Waals surface area (Å²) in [7, 11) is 0. The molecule has 5 heteroatoms. The van der Waals surface area contributed by atoms with Gasteiger partial charge in [-0.05, 0) is 18.6 Å². The standard InChI is InChI=1S/C13H13FN4/c1-2-10-9-6-15-7-12(9)18-13(17-10)11-4-3-8(14)5-16-11/h3-5,15H,2,6-7H2,1H3. The lowest BCUT2D eigenvalue weighted by Gasteiger charge is -2.07. The summed E-state index contributed by atoms with van der Waals surface area (Å²) in [6, 6.07) is 2.99. The van der Waals surface area contributed by atoms with E-state index in [1.54, 1.807) is 6.07 Å². The van der Waals surface area contributed by atoms with E-state index in [4.69, 9.17) is 0 Å². The molecule has 2 aromatic heterocycles. The maximum Gasteiger partial charge on any atom is 0.178 e. The van der Waals surface area contributed by atoms with Crippen molar-refractivity contribution in [2.45, 2.75) is 26.4 Å². The van der Waals surface area contributed by atoms with Gasteiger partial charge in [0.05, 0.1) is 11.9 Å². The van der Waals surface area contributed by atoms with Gasteiger partial charge in [-0.3, -0.25) is 0 Å². The van der Waals surface area contributed by atoms with Crippen LogP contribution in [0.1, 0.15) is 23.9 Å². The lowest BCUT2D eigenvalue weighted by molar-refractivity contribution is 0.621. The molecule has 0 spiro atoms. The highest BCUT2D eigenvalue weighted by atomic mass is 19.1. The second kappa shape index (κ2) is 4.42. The summed E-state index contributed by atoms with van der Waals surface area (Å²) in [5.41, 5.74) is 3.89. The van der Waals surface area contributed by atoms with Crippen LogP contribution in [0, 0.1) is 5.82 Å². The first kappa shape index (κ1) is 11.2. The number of hydrogen-bond donors (Lipinski definition) is 1. The van der Waals surface area contributed by atoms with E-state index in [1.165, 1.54) is 17.8 Å². The van der Waals surface area contributed by atoms with E-state index in [1.807, 2.05) is 0 Å². The van der Waals surface area contributed by atoms with E-state index in [2.05, 4.69) is 27.2 Å². The largest absolute Gasteiger partial charge is 0.307 e. The summed E-state index contributed by atoms with van der Waals surface area (Å²) in [5.74, 6) is 0.228. The predicted molar refractivity (Wildman–Crippen MR) is 65.1 cm³/mol. The van der Waals surface area contributed by atoms with Crippen molar-refractivity contribution >= 4 is 0 Å². The molecular weight excluding hydrogens is 231 g/mol. The van der Waals surface area contributed by atoms with Crippen LogP contribution in [-0.4, -0.2) is 15.0 Å². The van der Waals surface area contributed by atoms with Crippen LogP contribution >= 0.6 is 0 Å². The lowest BCUT2D eigenvalue weighted by atomic mass is 10.1. The molecule has 1 aliphatic rings. The van der Waals surface area contributed by atoms with Crippen molar-refractivity contribution in [1.82, 2.24) is 20.3 Å². The fraction of sp³-hybridized carbons (Fsp3) is 0.308. The van der Waals surface area contributed by atoms with Gasteiger partial charge in [-0.25, -0.2) is 19.3 Å². The van der Waals surface area contributed by atoms with Crippen LogP contribution in [-0.2, 0) is 19.5 Å². The molecule has 92 valence electrons. The number of hydrogen-bond acceptors (Lipinski definition) is 4. The monoisotopic (exact) mass is 244 g/mol. The average molecular weight is 244 g/mol. The van der Waals surface area contributed by atoms with Gasteiger partial charge in [0.1, 0.15) is 11.5 Å². The number of aromatic nitrogens is 3. The highest BCUT2D eigenvalue weighted by Crippen LogP contribution is 2.21. The molecule has 3 rings (SSSR count). The first-order valence-electron chi connectivity index (χ1n) is 5.99. The first-order chi connectivity index (χ1) is 8.78. The van der Waals surface area contributed by atoms with E-state index in [9.17, 15) is 4.39 Å². The normalized spacial score (nSPS) is 13.7. The third kappa shape index (κ3) is 1.86. The minimum Gasteiger partial charge on any atom is -0.307 e. The van der Waals surface area contributed by atoms with Crippen molar-refractivity contribution in [3.05, 3.63) is 41.1 Å². The van der Waals surface area contributed by atoms with Crippen LogP contribution in [0.15, 0.2) is 18.3 Å². The molecule has 0 atom stereocenters. The summed E-state index contributed by atoms with van der Waals surface area (Å²) in [6.45, 7) is 3.66. The molecule has 2 aromatic rings. The minimum atomic E-state index is -0.350. The fourth-order valence-corrected chi connectivity index (χ4v) is 2.15. The summed E-state index contributed by atoms with van der Waals surface area (Å²) < 4.78 is 12.9. The Bertz CT molecular complexity index is 580. The van der Waals surface area contributed by atoms with Gasteiger partial charge >= 0.3 is 0 Å². The zero-order valence-electron chi connectivity index (χ0n) is 10.1. The maximum absolute atomic E-state index is 12.9. The molecule has 3 heterocycles. The summed E-state index contributed by atoms with van der Waals surface area (Å²) in [5, 5.41) is 3.27. The zero-order chi connectivity index (χ0) is 12.5. The van der Waals surface area contributed by atoms with Crippen molar-refractivity contribution in [3.63, 3.8) is 0 Å². The second-order valence-corrected chi connectivity index (χ2v) is 4.24. The molecule has 1 aliphatic heterocycles. The highest BCUT2D eigenvalue weighted by Gasteiger charge is 2.18. The van der Waals surface area contributed by atoms with Crippen LogP contribution < -0.4 is 5.32 Å². The Morgan fingerprint density at radius 2 is 2.17 bits per heavy atom. The molecule has 0 aromatic carbocycles. The summed E-state index contributed by atoms with van der Waals surface area (Å²) in [4.78, 5) is 13.1. The van der Waals surface area contributed by atoms with Gasteiger partial charge in [0.25, 0.3) is 0 Å². The van der Waals surface area contributed by atoms with Gasteiger partial charge in [0.15, 0.2) is 5.82 Å². The highest BCUT2D eigenvalue weighted by molar-refractivity contribution is 5.50. The van der Waals surface area contributed by atoms with Crippen LogP contribution in [0.25, 0.3) is 11.5 Å². The Hall–Kier alpha value is -1.88. The number of fused-ring (bicyclic) bond motifs is 1. The molecule has 0 unspecified atom stereocenters.